The van der Waals surface area contributed by atoms with E-state index in [4.69, 9.17) is 11.6 Å². The maximum atomic E-state index is 5.81. The van der Waals surface area contributed by atoms with Crippen molar-refractivity contribution in [2.45, 2.75) is 13.8 Å². The Balaban J connectivity index is 0.000000810. The van der Waals surface area contributed by atoms with Crippen LogP contribution in [-0.4, -0.2) is 0 Å². The fourth-order valence-corrected chi connectivity index (χ4v) is 0.937. The average molecular weight is 159 g/mol. The number of rotatable bonds is 0. The molecule has 1 nitrogen and oxygen atoms in total. The lowest BCUT2D eigenvalue weighted by molar-refractivity contribution is 1.34. The third-order valence-electron chi connectivity index (χ3n) is 1.54. The second-order valence-electron chi connectivity index (χ2n) is 2.18. The molecule has 0 aliphatic heterocycles. The molecule has 0 saturated heterocycles. The van der Waals surface area contributed by atoms with Gasteiger partial charge in [0.1, 0.15) is 0 Å². The van der Waals surface area contributed by atoms with Crippen LogP contribution < -0.4 is 6.15 Å². The second kappa shape index (κ2) is 3.59. The highest BCUT2D eigenvalue weighted by Gasteiger charge is 1.93. The van der Waals surface area contributed by atoms with Crippen LogP contribution >= 0.6 is 11.6 Å². The van der Waals surface area contributed by atoms with Gasteiger partial charge in [0.05, 0.1) is 0 Å². The molecule has 4 N–H and O–H groups in total. The van der Waals surface area contributed by atoms with E-state index >= 15 is 0 Å². The summed E-state index contributed by atoms with van der Waals surface area (Å²) in [5.74, 6) is 0. The molecule has 0 atom stereocenters. The van der Waals surface area contributed by atoms with E-state index in [1.54, 1.807) is 0 Å². The third-order valence-corrected chi connectivity index (χ3v) is 1.95. The minimum absolute atomic E-state index is 0. The van der Waals surface area contributed by atoms with Gasteiger partial charge >= 0.3 is 0 Å². The van der Waals surface area contributed by atoms with Gasteiger partial charge in [-0.25, -0.2) is 0 Å². The molecular formula is C8H13ClN+. The van der Waals surface area contributed by atoms with E-state index in [1.165, 1.54) is 11.1 Å². The van der Waals surface area contributed by atoms with Crippen LogP contribution in [0.3, 0.4) is 0 Å². The predicted molar refractivity (Wildman–Crippen MR) is 46.9 cm³/mol. The average Bonchev–Trinajstić information content (AvgIpc) is 1.83. The van der Waals surface area contributed by atoms with Crippen molar-refractivity contribution in [1.29, 1.82) is 0 Å². The molecule has 0 aromatic heterocycles. The lowest BCUT2D eigenvalue weighted by atomic mass is 10.1. The van der Waals surface area contributed by atoms with Gasteiger partial charge in [-0.05, 0) is 31.0 Å². The normalized spacial score (nSPS) is 8.70. The summed E-state index contributed by atoms with van der Waals surface area (Å²) in [5.41, 5.74) is 2.43. The summed E-state index contributed by atoms with van der Waals surface area (Å²) in [6.07, 6.45) is 0. The Bertz CT molecular complexity index is 200. The molecular weight excluding hydrogens is 146 g/mol. The molecule has 0 radical (unpaired) electrons. The molecule has 0 saturated carbocycles. The Kier molecular flexibility index (Phi) is 3.40. The van der Waals surface area contributed by atoms with Gasteiger partial charge < -0.3 is 6.15 Å². The topological polar surface area (TPSA) is 36.5 Å². The van der Waals surface area contributed by atoms with E-state index < -0.39 is 0 Å². The highest BCUT2D eigenvalue weighted by Crippen LogP contribution is 2.16. The van der Waals surface area contributed by atoms with Gasteiger partial charge in [0, 0.05) is 5.02 Å². The van der Waals surface area contributed by atoms with E-state index in [2.05, 4.69) is 13.0 Å². The van der Waals surface area contributed by atoms with Crippen molar-refractivity contribution in [3.8, 4) is 0 Å². The molecule has 0 amide bonds. The maximum absolute atomic E-state index is 5.81. The van der Waals surface area contributed by atoms with Crippen molar-refractivity contribution >= 4 is 11.6 Å². The lowest BCUT2D eigenvalue weighted by Gasteiger charge is -1.98. The molecule has 0 aliphatic rings. The van der Waals surface area contributed by atoms with Crippen molar-refractivity contribution in [1.82, 2.24) is 6.15 Å². The van der Waals surface area contributed by atoms with E-state index in [0.717, 1.165) is 5.02 Å². The van der Waals surface area contributed by atoms with Gasteiger partial charge in [-0.1, -0.05) is 23.7 Å². The molecule has 2 heteroatoms. The fourth-order valence-electron chi connectivity index (χ4n) is 0.715. The standard InChI is InChI=1S/C8H9Cl.H3N/c1-6-4-3-5-8(9)7(6)2;/h3-5H,1-2H3;1H3/p+1. The highest BCUT2D eigenvalue weighted by atomic mass is 35.5. The van der Waals surface area contributed by atoms with Gasteiger partial charge in [0.2, 0.25) is 0 Å². The fraction of sp³-hybridized carbons (Fsp3) is 0.250. The molecule has 10 heavy (non-hydrogen) atoms. The first-order chi connectivity index (χ1) is 4.22. The molecule has 0 unspecified atom stereocenters. The molecule has 56 valence electrons. The van der Waals surface area contributed by atoms with Crippen molar-refractivity contribution in [3.05, 3.63) is 34.3 Å². The van der Waals surface area contributed by atoms with Crippen LogP contribution in [-0.2, 0) is 0 Å². The van der Waals surface area contributed by atoms with Gasteiger partial charge in [-0.2, -0.15) is 0 Å². The van der Waals surface area contributed by atoms with Crippen LogP contribution in [0.2, 0.25) is 5.02 Å². The molecule has 0 bridgehead atoms. The zero-order valence-electron chi connectivity index (χ0n) is 6.61. The zero-order valence-corrected chi connectivity index (χ0v) is 7.37. The molecule has 1 aromatic carbocycles. The quantitative estimate of drug-likeness (QED) is 0.602. The minimum atomic E-state index is 0. The molecule has 1 rings (SSSR count). The van der Waals surface area contributed by atoms with E-state index in [1.807, 2.05) is 19.1 Å². The van der Waals surface area contributed by atoms with Crippen molar-refractivity contribution < 1.29 is 0 Å². The molecule has 0 spiro atoms. The van der Waals surface area contributed by atoms with Crippen LogP contribution in [0, 0.1) is 13.8 Å². The van der Waals surface area contributed by atoms with Crippen molar-refractivity contribution in [3.63, 3.8) is 0 Å². The summed E-state index contributed by atoms with van der Waals surface area (Å²) in [5, 5.41) is 0.856. The van der Waals surface area contributed by atoms with E-state index in [9.17, 15) is 0 Å². The summed E-state index contributed by atoms with van der Waals surface area (Å²) in [4.78, 5) is 0. The Labute approximate surface area is 66.6 Å². The van der Waals surface area contributed by atoms with Crippen LogP contribution in [0.4, 0.5) is 0 Å². The van der Waals surface area contributed by atoms with Gasteiger partial charge in [-0.15, -0.1) is 0 Å². The number of aryl methyl sites for hydroxylation is 1. The van der Waals surface area contributed by atoms with Crippen LogP contribution in [0.5, 0.6) is 0 Å². The summed E-state index contributed by atoms with van der Waals surface area (Å²) >= 11 is 5.81. The number of benzene rings is 1. The number of quaternary nitrogens is 1. The Morgan fingerprint density at radius 3 is 2.20 bits per heavy atom. The molecule has 0 aliphatic carbocycles. The smallest absolute Gasteiger partial charge is 0.0437 e. The third kappa shape index (κ3) is 1.72. The van der Waals surface area contributed by atoms with Crippen LogP contribution in [0.15, 0.2) is 18.2 Å². The van der Waals surface area contributed by atoms with Crippen LogP contribution in [0.25, 0.3) is 0 Å². The maximum Gasteiger partial charge on any atom is 0.0437 e. The summed E-state index contributed by atoms with van der Waals surface area (Å²) < 4.78 is 0. The van der Waals surface area contributed by atoms with Gasteiger partial charge in [-0.3, -0.25) is 0 Å². The first-order valence-corrected chi connectivity index (χ1v) is 3.31. The van der Waals surface area contributed by atoms with Crippen molar-refractivity contribution in [2.24, 2.45) is 0 Å². The molecule has 1 aromatic rings. The summed E-state index contributed by atoms with van der Waals surface area (Å²) in [7, 11) is 0. The molecule has 0 heterocycles. The molecule has 0 fully saturated rings. The minimum Gasteiger partial charge on any atom is -0.369 e. The SMILES string of the molecule is Cc1cccc(Cl)c1C.[NH4+]. The Morgan fingerprint density at radius 1 is 1.20 bits per heavy atom. The van der Waals surface area contributed by atoms with Gasteiger partial charge in [0.15, 0.2) is 0 Å². The second-order valence-corrected chi connectivity index (χ2v) is 2.59. The highest BCUT2D eigenvalue weighted by molar-refractivity contribution is 6.31. The lowest BCUT2D eigenvalue weighted by Crippen LogP contribution is -1.78. The first kappa shape index (κ1) is 9.47. The zero-order chi connectivity index (χ0) is 6.85. The summed E-state index contributed by atoms with van der Waals surface area (Å²) in [6.45, 7) is 4.08. The Morgan fingerprint density at radius 2 is 1.80 bits per heavy atom. The summed E-state index contributed by atoms with van der Waals surface area (Å²) in [6, 6.07) is 5.93. The number of halogens is 1. The van der Waals surface area contributed by atoms with Crippen molar-refractivity contribution in [2.75, 3.05) is 0 Å². The van der Waals surface area contributed by atoms with Gasteiger partial charge in [0.25, 0.3) is 0 Å². The Hall–Kier alpha value is -0.530. The monoisotopic (exact) mass is 158 g/mol. The number of hydrogen-bond acceptors (Lipinski definition) is 0. The predicted octanol–water partition coefficient (Wildman–Crippen LogP) is 3.33. The largest absolute Gasteiger partial charge is 0.369 e. The number of hydrogen-bond donors (Lipinski definition) is 1. The van der Waals surface area contributed by atoms with E-state index in [0.29, 0.717) is 0 Å². The first-order valence-electron chi connectivity index (χ1n) is 2.93. The van der Waals surface area contributed by atoms with E-state index in [-0.39, 0.29) is 6.15 Å². The van der Waals surface area contributed by atoms with Crippen LogP contribution in [0.1, 0.15) is 11.1 Å².